The van der Waals surface area contributed by atoms with Gasteiger partial charge in [-0.3, -0.25) is 0 Å². The van der Waals surface area contributed by atoms with Crippen LogP contribution in [0.4, 0.5) is 10.2 Å². The summed E-state index contributed by atoms with van der Waals surface area (Å²) in [5.74, 6) is -0.933. The maximum absolute atomic E-state index is 13.2. The van der Waals surface area contributed by atoms with Crippen LogP contribution >= 0.6 is 0 Å². The first-order valence-corrected chi connectivity index (χ1v) is 7.66. The van der Waals surface area contributed by atoms with E-state index in [1.165, 1.54) is 12.1 Å². The number of carboxylic acid groups (broad SMARTS) is 1. The van der Waals surface area contributed by atoms with Crippen molar-refractivity contribution in [2.45, 2.75) is 26.7 Å². The third kappa shape index (κ3) is 3.86. The van der Waals surface area contributed by atoms with Crippen molar-refractivity contribution in [3.05, 3.63) is 47.4 Å². The van der Waals surface area contributed by atoms with Gasteiger partial charge in [-0.1, -0.05) is 25.5 Å². The molecule has 2 aromatic rings. The van der Waals surface area contributed by atoms with Gasteiger partial charge in [0, 0.05) is 24.8 Å². The summed E-state index contributed by atoms with van der Waals surface area (Å²) in [7, 11) is 1.85. The number of aromatic nitrogens is 1. The molecule has 2 rings (SSSR count). The number of aromatic carboxylic acids is 1. The molecule has 0 aliphatic rings. The molecule has 1 aromatic heterocycles. The van der Waals surface area contributed by atoms with Gasteiger partial charge in [0.1, 0.15) is 17.2 Å². The number of halogens is 1. The number of nitrogens with zero attached hydrogens (tertiary/aromatic N) is 2. The smallest absolute Gasteiger partial charge is 0.340 e. The van der Waals surface area contributed by atoms with Crippen molar-refractivity contribution in [1.29, 1.82) is 0 Å². The monoisotopic (exact) mass is 316 g/mol. The zero-order chi connectivity index (χ0) is 17.0. The second-order valence-corrected chi connectivity index (χ2v) is 5.60. The minimum Gasteiger partial charge on any atom is -0.478 e. The number of hydrogen-bond acceptors (Lipinski definition) is 3. The summed E-state index contributed by atoms with van der Waals surface area (Å²) in [6.07, 6.45) is 1.97. The minimum absolute atomic E-state index is 0.154. The topological polar surface area (TPSA) is 53.4 Å². The van der Waals surface area contributed by atoms with Gasteiger partial charge in [0.15, 0.2) is 0 Å². The molecule has 0 saturated carbocycles. The van der Waals surface area contributed by atoms with Crippen LogP contribution in [0.2, 0.25) is 0 Å². The number of unbranched alkanes of at least 4 members (excludes halogenated alkanes) is 1. The van der Waals surface area contributed by atoms with Gasteiger partial charge >= 0.3 is 5.97 Å². The summed E-state index contributed by atoms with van der Waals surface area (Å²) >= 11 is 0. The number of hydrogen-bond donors (Lipinski definition) is 1. The Morgan fingerprint density at radius 1 is 1.30 bits per heavy atom. The van der Waals surface area contributed by atoms with E-state index < -0.39 is 5.97 Å². The summed E-state index contributed by atoms with van der Waals surface area (Å²) in [6.45, 7) is 4.64. The van der Waals surface area contributed by atoms with Crippen LogP contribution in [0.3, 0.4) is 0 Å². The van der Waals surface area contributed by atoms with Crippen molar-refractivity contribution < 1.29 is 14.3 Å². The molecule has 1 N–H and O–H groups in total. The van der Waals surface area contributed by atoms with Crippen molar-refractivity contribution in [1.82, 2.24) is 4.98 Å². The highest BCUT2D eigenvalue weighted by Crippen LogP contribution is 2.31. The third-order valence-corrected chi connectivity index (χ3v) is 3.71. The van der Waals surface area contributed by atoms with Crippen LogP contribution in [0.15, 0.2) is 30.3 Å². The highest BCUT2D eigenvalue weighted by atomic mass is 19.1. The summed E-state index contributed by atoms with van der Waals surface area (Å²) in [5, 5.41) is 9.69. The molecule has 0 saturated heterocycles. The maximum atomic E-state index is 13.2. The summed E-state index contributed by atoms with van der Waals surface area (Å²) < 4.78 is 13.2. The van der Waals surface area contributed by atoms with Crippen LogP contribution in [0.1, 0.15) is 35.8 Å². The number of carboxylic acids is 1. The van der Waals surface area contributed by atoms with E-state index in [0.29, 0.717) is 16.9 Å². The van der Waals surface area contributed by atoms with Gasteiger partial charge in [-0.2, -0.15) is 0 Å². The molecule has 0 unspecified atom stereocenters. The predicted molar refractivity (Wildman–Crippen MR) is 89.5 cm³/mol. The van der Waals surface area contributed by atoms with Gasteiger partial charge in [0.2, 0.25) is 0 Å². The lowest BCUT2D eigenvalue weighted by Crippen LogP contribution is -2.23. The van der Waals surface area contributed by atoms with E-state index in [0.717, 1.165) is 25.1 Å². The number of pyridine rings is 1. The predicted octanol–water partition coefficient (Wildman–Crippen LogP) is 4.13. The molecule has 5 heteroatoms. The Balaban J connectivity index is 2.59. The molecular formula is C18H21FN2O2. The zero-order valence-electron chi connectivity index (χ0n) is 13.6. The van der Waals surface area contributed by atoms with Crippen molar-refractivity contribution in [2.24, 2.45) is 0 Å². The number of rotatable bonds is 6. The van der Waals surface area contributed by atoms with E-state index in [2.05, 4.69) is 11.9 Å². The summed E-state index contributed by atoms with van der Waals surface area (Å²) in [4.78, 5) is 18.1. The fourth-order valence-electron chi connectivity index (χ4n) is 2.50. The molecule has 0 bridgehead atoms. The lowest BCUT2D eigenvalue weighted by Gasteiger charge is -2.22. The molecule has 0 amide bonds. The van der Waals surface area contributed by atoms with Crippen LogP contribution < -0.4 is 4.90 Å². The van der Waals surface area contributed by atoms with Gasteiger partial charge < -0.3 is 10.0 Å². The van der Waals surface area contributed by atoms with Crippen molar-refractivity contribution in [2.75, 3.05) is 18.5 Å². The van der Waals surface area contributed by atoms with E-state index in [4.69, 9.17) is 0 Å². The normalized spacial score (nSPS) is 10.6. The van der Waals surface area contributed by atoms with Crippen molar-refractivity contribution in [3.63, 3.8) is 0 Å². The molecule has 23 heavy (non-hydrogen) atoms. The van der Waals surface area contributed by atoms with Crippen LogP contribution in [0.25, 0.3) is 11.1 Å². The first-order chi connectivity index (χ1) is 10.9. The van der Waals surface area contributed by atoms with Gasteiger partial charge in [-0.15, -0.1) is 0 Å². The fourth-order valence-corrected chi connectivity index (χ4v) is 2.50. The second kappa shape index (κ2) is 7.22. The molecule has 0 fully saturated rings. The Kier molecular flexibility index (Phi) is 5.32. The van der Waals surface area contributed by atoms with E-state index in [1.54, 1.807) is 18.2 Å². The van der Waals surface area contributed by atoms with Crippen LogP contribution in [0.5, 0.6) is 0 Å². The average Bonchev–Trinajstić information content (AvgIpc) is 2.52. The Bertz CT molecular complexity index is 699. The van der Waals surface area contributed by atoms with Gasteiger partial charge in [0.25, 0.3) is 0 Å². The molecule has 0 aliphatic heterocycles. The molecule has 0 atom stereocenters. The van der Waals surface area contributed by atoms with Crippen molar-refractivity contribution >= 4 is 11.8 Å². The molecule has 0 spiro atoms. The number of aryl methyl sites for hydroxylation is 1. The first-order valence-electron chi connectivity index (χ1n) is 7.66. The highest BCUT2D eigenvalue weighted by Gasteiger charge is 2.21. The largest absolute Gasteiger partial charge is 0.478 e. The summed E-state index contributed by atoms with van der Waals surface area (Å²) in [6, 6.07) is 7.57. The molecule has 122 valence electrons. The quantitative estimate of drug-likeness (QED) is 0.870. The van der Waals surface area contributed by atoms with Gasteiger partial charge in [-0.25, -0.2) is 14.2 Å². The van der Waals surface area contributed by atoms with Crippen LogP contribution in [-0.4, -0.2) is 29.7 Å². The number of anilines is 1. The third-order valence-electron chi connectivity index (χ3n) is 3.71. The molecule has 4 nitrogen and oxygen atoms in total. The Morgan fingerprint density at radius 3 is 2.52 bits per heavy atom. The number of benzene rings is 1. The van der Waals surface area contributed by atoms with Crippen LogP contribution in [0, 0.1) is 12.7 Å². The molecular weight excluding hydrogens is 295 g/mol. The minimum atomic E-state index is -1.03. The highest BCUT2D eigenvalue weighted by molar-refractivity contribution is 6.01. The lowest BCUT2D eigenvalue weighted by molar-refractivity contribution is 0.0698. The maximum Gasteiger partial charge on any atom is 0.340 e. The Labute approximate surface area is 135 Å². The van der Waals surface area contributed by atoms with E-state index in [1.807, 2.05) is 18.9 Å². The first kappa shape index (κ1) is 16.9. The Hall–Kier alpha value is -2.43. The van der Waals surface area contributed by atoms with Crippen LogP contribution in [-0.2, 0) is 0 Å². The zero-order valence-corrected chi connectivity index (χ0v) is 13.6. The SMILES string of the molecule is CCCCN(C)c1nc(C)cc(-c2ccc(F)cc2)c1C(=O)O. The second-order valence-electron chi connectivity index (χ2n) is 5.60. The van der Waals surface area contributed by atoms with E-state index >= 15 is 0 Å². The Morgan fingerprint density at radius 2 is 1.96 bits per heavy atom. The average molecular weight is 316 g/mol. The summed E-state index contributed by atoms with van der Waals surface area (Å²) in [5.41, 5.74) is 2.11. The van der Waals surface area contributed by atoms with Crippen molar-refractivity contribution in [3.8, 4) is 11.1 Å². The molecule has 0 aliphatic carbocycles. The lowest BCUT2D eigenvalue weighted by atomic mass is 9.99. The van der Waals surface area contributed by atoms with E-state index in [-0.39, 0.29) is 11.4 Å². The molecule has 1 heterocycles. The van der Waals surface area contributed by atoms with Gasteiger partial charge in [-0.05, 0) is 37.1 Å². The molecule has 0 radical (unpaired) electrons. The van der Waals surface area contributed by atoms with Gasteiger partial charge in [0.05, 0.1) is 0 Å². The molecule has 1 aromatic carbocycles. The number of carbonyl (C=O) groups is 1. The van der Waals surface area contributed by atoms with E-state index in [9.17, 15) is 14.3 Å². The standard InChI is InChI=1S/C18H21FN2O2/c1-4-5-10-21(3)17-16(18(22)23)15(11-12(2)20-17)13-6-8-14(19)9-7-13/h6-9,11H,4-5,10H2,1-3H3,(H,22,23). The fraction of sp³-hybridized carbons (Fsp3) is 0.333.